The second-order valence-corrected chi connectivity index (χ2v) is 10.3. The number of aromatic nitrogens is 1. The molecule has 0 bridgehead atoms. The molecule has 1 aromatic heterocycles. The normalized spacial score (nSPS) is 31.4. The summed E-state index contributed by atoms with van der Waals surface area (Å²) in [5.41, 5.74) is 3.04. The smallest absolute Gasteiger partial charge is 0.308 e. The van der Waals surface area contributed by atoms with Crippen LogP contribution in [-0.2, 0) is 14.3 Å². The van der Waals surface area contributed by atoms with Gasteiger partial charge < -0.3 is 15.2 Å². The van der Waals surface area contributed by atoms with Crippen molar-refractivity contribution < 1.29 is 19.4 Å². The average Bonchev–Trinajstić information content (AvgIpc) is 3.13. The Hall–Kier alpha value is -1.99. The summed E-state index contributed by atoms with van der Waals surface area (Å²) in [7, 11) is 0. The number of rotatable bonds is 2. The quantitative estimate of drug-likeness (QED) is 0.486. The summed E-state index contributed by atoms with van der Waals surface area (Å²) in [6, 6.07) is -0.378. The predicted molar refractivity (Wildman–Crippen MR) is 129 cm³/mol. The molecule has 1 aliphatic rings. The number of allylic oxidation sites excluding steroid dienone is 1. The van der Waals surface area contributed by atoms with Gasteiger partial charge in [-0.2, -0.15) is 0 Å². The van der Waals surface area contributed by atoms with Crippen LogP contribution in [0.1, 0.15) is 77.4 Å². The number of carbonyl (C=O) groups is 2. The van der Waals surface area contributed by atoms with Gasteiger partial charge in [0.15, 0.2) is 0 Å². The lowest BCUT2D eigenvalue weighted by molar-refractivity contribution is -0.147. The third-order valence-corrected chi connectivity index (χ3v) is 6.87. The van der Waals surface area contributed by atoms with Crippen LogP contribution in [0.5, 0.6) is 0 Å². The summed E-state index contributed by atoms with van der Waals surface area (Å²) in [5, 5.41) is 16.4. The Bertz CT molecular complexity index is 845. The molecule has 0 radical (unpaired) electrons. The van der Waals surface area contributed by atoms with Gasteiger partial charge in [-0.1, -0.05) is 25.5 Å². The monoisotopic (exact) mass is 462 g/mol. The van der Waals surface area contributed by atoms with Gasteiger partial charge in [0.05, 0.1) is 29.1 Å². The standard InChI is InChI=1S/C25H38N2O4S/c1-15-8-7-9-16(2)24(29)19(5)25(30)26-18(4)13-23(28)31-22(11-10-15)17(3)12-21-14-32-20(6)27-21/h10,12,14,16,18-19,22,24,29H,7-9,11,13H2,1-6H3,(H,26,30)/b15-10-,17-12+/t16-,18?,19+,22-,24-/m0/s1. The van der Waals surface area contributed by atoms with Crippen LogP contribution in [0, 0.1) is 18.8 Å². The predicted octanol–water partition coefficient (Wildman–Crippen LogP) is 4.81. The minimum absolute atomic E-state index is 0.0243. The Kier molecular flexibility index (Phi) is 10.1. The molecule has 2 rings (SSSR count). The first-order valence-electron chi connectivity index (χ1n) is 11.5. The van der Waals surface area contributed by atoms with E-state index in [1.807, 2.05) is 32.2 Å². The molecule has 7 heteroatoms. The molecule has 2 heterocycles. The van der Waals surface area contributed by atoms with Gasteiger partial charge in [-0.05, 0) is 64.5 Å². The van der Waals surface area contributed by atoms with Gasteiger partial charge in [0.2, 0.25) is 5.91 Å². The van der Waals surface area contributed by atoms with Crippen LogP contribution in [0.3, 0.4) is 0 Å². The molecule has 2 N–H and O–H groups in total. The van der Waals surface area contributed by atoms with E-state index in [4.69, 9.17) is 4.74 Å². The summed E-state index contributed by atoms with van der Waals surface area (Å²) < 4.78 is 5.83. The average molecular weight is 463 g/mol. The number of cyclic esters (lactones) is 1. The number of hydrogen-bond acceptors (Lipinski definition) is 6. The fraction of sp³-hybridized carbons (Fsp3) is 0.640. The highest BCUT2D eigenvalue weighted by molar-refractivity contribution is 7.09. The summed E-state index contributed by atoms with van der Waals surface area (Å²) in [5.74, 6) is -1.10. The SMILES string of the molecule is C/C1=C/C[C@@H](/C(C)=C/c2csc(C)n2)OC(=O)CC(C)NC(=O)[C@H](C)[C@@H](O)[C@@H](C)CCC1. The van der Waals surface area contributed by atoms with Gasteiger partial charge in [-0.25, -0.2) is 4.98 Å². The molecule has 0 fully saturated rings. The van der Waals surface area contributed by atoms with E-state index in [2.05, 4.69) is 23.3 Å². The molecule has 6 nitrogen and oxygen atoms in total. The summed E-state index contributed by atoms with van der Waals surface area (Å²) in [6.45, 7) is 11.5. The fourth-order valence-corrected chi connectivity index (χ4v) is 4.48. The lowest BCUT2D eigenvalue weighted by atomic mass is 9.88. The summed E-state index contributed by atoms with van der Waals surface area (Å²) in [4.78, 5) is 29.7. The van der Waals surface area contributed by atoms with Crippen molar-refractivity contribution in [1.29, 1.82) is 0 Å². The number of nitrogens with one attached hydrogen (secondary N) is 1. The van der Waals surface area contributed by atoms with Crippen LogP contribution in [0.2, 0.25) is 0 Å². The number of nitrogens with zero attached hydrogens (tertiary/aromatic N) is 1. The first kappa shape index (κ1) is 26.3. The zero-order chi connectivity index (χ0) is 23.8. The topological polar surface area (TPSA) is 88.5 Å². The van der Waals surface area contributed by atoms with E-state index >= 15 is 0 Å². The lowest BCUT2D eigenvalue weighted by Crippen LogP contribution is -2.43. The number of carbonyl (C=O) groups excluding carboxylic acids is 2. The second kappa shape index (κ2) is 12.3. The Morgan fingerprint density at radius 2 is 2.00 bits per heavy atom. The highest BCUT2D eigenvalue weighted by atomic mass is 32.1. The number of amides is 1. The molecule has 1 amide bonds. The maximum atomic E-state index is 12.7. The molecule has 0 aliphatic carbocycles. The maximum Gasteiger partial charge on any atom is 0.308 e. The lowest BCUT2D eigenvalue weighted by Gasteiger charge is -2.26. The highest BCUT2D eigenvalue weighted by Gasteiger charge is 2.28. The van der Waals surface area contributed by atoms with Gasteiger partial charge in [0.1, 0.15) is 6.10 Å². The number of thiazole rings is 1. The zero-order valence-corrected chi connectivity index (χ0v) is 21.0. The number of ether oxygens (including phenoxy) is 1. The molecular formula is C25H38N2O4S. The van der Waals surface area contributed by atoms with Crippen LogP contribution in [0.15, 0.2) is 22.6 Å². The Labute approximate surface area is 196 Å². The molecule has 1 aliphatic heterocycles. The maximum absolute atomic E-state index is 12.7. The van der Waals surface area contributed by atoms with E-state index in [0.29, 0.717) is 6.42 Å². The van der Waals surface area contributed by atoms with Crippen LogP contribution >= 0.6 is 11.3 Å². The van der Waals surface area contributed by atoms with E-state index in [-0.39, 0.29) is 36.4 Å². The number of esters is 1. The van der Waals surface area contributed by atoms with Crippen LogP contribution < -0.4 is 5.32 Å². The van der Waals surface area contributed by atoms with Crippen molar-refractivity contribution >= 4 is 29.3 Å². The van der Waals surface area contributed by atoms with Crippen LogP contribution in [-0.4, -0.2) is 40.2 Å². The Morgan fingerprint density at radius 3 is 2.66 bits per heavy atom. The van der Waals surface area contributed by atoms with Gasteiger partial charge in [-0.15, -0.1) is 11.3 Å². The number of aliphatic hydroxyl groups excluding tert-OH is 1. The zero-order valence-electron chi connectivity index (χ0n) is 20.2. The summed E-state index contributed by atoms with van der Waals surface area (Å²) in [6.07, 6.45) is 6.38. The van der Waals surface area contributed by atoms with Crippen molar-refractivity contribution in [2.45, 2.75) is 91.9 Å². The van der Waals surface area contributed by atoms with Crippen molar-refractivity contribution in [2.24, 2.45) is 11.8 Å². The third-order valence-electron chi connectivity index (χ3n) is 6.08. The van der Waals surface area contributed by atoms with Crippen LogP contribution in [0.25, 0.3) is 6.08 Å². The third kappa shape index (κ3) is 8.17. The number of aryl methyl sites for hydroxylation is 1. The molecule has 178 valence electrons. The Balaban J connectivity index is 2.22. The minimum atomic E-state index is -0.710. The molecule has 1 unspecified atom stereocenters. The van der Waals surface area contributed by atoms with Crippen molar-refractivity contribution in [1.82, 2.24) is 10.3 Å². The first-order chi connectivity index (χ1) is 15.1. The van der Waals surface area contributed by atoms with E-state index in [1.165, 1.54) is 5.57 Å². The molecule has 0 saturated heterocycles. The van der Waals surface area contributed by atoms with Gasteiger partial charge in [-0.3, -0.25) is 9.59 Å². The van der Waals surface area contributed by atoms with Crippen molar-refractivity contribution in [3.63, 3.8) is 0 Å². The van der Waals surface area contributed by atoms with Gasteiger partial charge >= 0.3 is 5.97 Å². The van der Waals surface area contributed by atoms with Crippen molar-refractivity contribution in [3.05, 3.63) is 33.3 Å². The Morgan fingerprint density at radius 1 is 1.28 bits per heavy atom. The van der Waals surface area contributed by atoms with Crippen LogP contribution in [0.4, 0.5) is 0 Å². The minimum Gasteiger partial charge on any atom is -0.457 e. The van der Waals surface area contributed by atoms with Crippen molar-refractivity contribution in [2.75, 3.05) is 0 Å². The van der Waals surface area contributed by atoms with E-state index in [0.717, 1.165) is 35.5 Å². The summed E-state index contributed by atoms with van der Waals surface area (Å²) >= 11 is 1.59. The second-order valence-electron chi connectivity index (χ2n) is 9.21. The largest absolute Gasteiger partial charge is 0.457 e. The fourth-order valence-electron chi connectivity index (χ4n) is 3.91. The van der Waals surface area contributed by atoms with E-state index in [9.17, 15) is 14.7 Å². The van der Waals surface area contributed by atoms with Gasteiger partial charge in [0, 0.05) is 17.8 Å². The molecule has 0 spiro atoms. The molecule has 32 heavy (non-hydrogen) atoms. The van der Waals surface area contributed by atoms with E-state index < -0.39 is 12.0 Å². The molecule has 5 atom stereocenters. The molecule has 1 aromatic rings. The van der Waals surface area contributed by atoms with E-state index in [1.54, 1.807) is 25.2 Å². The van der Waals surface area contributed by atoms with Gasteiger partial charge in [0.25, 0.3) is 0 Å². The number of hydrogen-bond donors (Lipinski definition) is 2. The molecular weight excluding hydrogens is 424 g/mol. The highest BCUT2D eigenvalue weighted by Crippen LogP contribution is 2.23. The molecule has 0 aromatic carbocycles. The molecule has 0 saturated carbocycles. The number of aliphatic hydroxyl groups is 1. The first-order valence-corrected chi connectivity index (χ1v) is 12.4. The van der Waals surface area contributed by atoms with Crippen molar-refractivity contribution in [3.8, 4) is 0 Å².